The molecule has 0 radical (unpaired) electrons. The number of imidazole rings is 1. The van der Waals surface area contributed by atoms with Gasteiger partial charge in [-0.15, -0.1) is 5.10 Å². The first-order valence-corrected chi connectivity index (χ1v) is 6.38. The number of nitrogens with zero attached hydrogens (tertiary/aromatic N) is 5. The van der Waals surface area contributed by atoms with Crippen molar-refractivity contribution < 1.29 is 0 Å². The highest BCUT2D eigenvalue weighted by atomic mass is 35.5. The normalized spacial score (nSPS) is 11.2. The van der Waals surface area contributed by atoms with Crippen LogP contribution in [0.1, 0.15) is 6.42 Å². The van der Waals surface area contributed by atoms with E-state index in [-0.39, 0.29) is 0 Å². The molecule has 2 aromatic heterocycles. The van der Waals surface area contributed by atoms with Crippen LogP contribution in [0.25, 0.3) is 11.0 Å². The Hall–Kier alpha value is -2.08. The third-order valence-corrected chi connectivity index (χ3v) is 3.31. The van der Waals surface area contributed by atoms with Crippen LogP contribution < -0.4 is 5.73 Å². The van der Waals surface area contributed by atoms with Crippen molar-refractivity contribution in [2.24, 2.45) is 0 Å². The van der Waals surface area contributed by atoms with E-state index in [1.54, 1.807) is 10.9 Å². The maximum absolute atomic E-state index is 6.10. The van der Waals surface area contributed by atoms with Gasteiger partial charge < -0.3 is 10.3 Å². The van der Waals surface area contributed by atoms with Crippen LogP contribution in [0.2, 0.25) is 5.02 Å². The largest absolute Gasteiger partial charge is 0.369 e. The zero-order valence-electron chi connectivity index (χ0n) is 10.2. The number of aryl methyl sites for hydroxylation is 2. The molecule has 98 valence electrons. The van der Waals surface area contributed by atoms with Crippen LogP contribution in [0.5, 0.6) is 0 Å². The van der Waals surface area contributed by atoms with Gasteiger partial charge in [0.05, 0.1) is 16.7 Å². The van der Waals surface area contributed by atoms with Crippen LogP contribution in [-0.4, -0.2) is 24.5 Å². The van der Waals surface area contributed by atoms with Crippen molar-refractivity contribution in [1.29, 1.82) is 0 Å². The molecule has 0 saturated heterocycles. The van der Waals surface area contributed by atoms with Gasteiger partial charge in [-0.3, -0.25) is 4.68 Å². The Labute approximate surface area is 114 Å². The molecule has 19 heavy (non-hydrogen) atoms. The van der Waals surface area contributed by atoms with Crippen LogP contribution in [0.4, 0.5) is 5.95 Å². The van der Waals surface area contributed by atoms with Gasteiger partial charge in [-0.2, -0.15) is 0 Å². The summed E-state index contributed by atoms with van der Waals surface area (Å²) in [4.78, 5) is 4.30. The summed E-state index contributed by atoms with van der Waals surface area (Å²) < 4.78 is 3.76. The molecule has 0 aliphatic rings. The smallest absolute Gasteiger partial charge is 0.201 e. The van der Waals surface area contributed by atoms with Gasteiger partial charge in [0.1, 0.15) is 5.52 Å². The molecule has 0 fully saturated rings. The van der Waals surface area contributed by atoms with E-state index in [0.29, 0.717) is 11.0 Å². The number of para-hydroxylation sites is 1. The number of fused-ring (bicyclic) bond motifs is 1. The van der Waals surface area contributed by atoms with Crippen LogP contribution in [-0.2, 0) is 13.1 Å². The predicted molar refractivity (Wildman–Crippen MR) is 73.8 cm³/mol. The Morgan fingerprint density at radius 1 is 1.26 bits per heavy atom. The highest BCUT2D eigenvalue weighted by molar-refractivity contribution is 6.35. The molecule has 0 unspecified atom stereocenters. The molecule has 6 nitrogen and oxygen atoms in total. The van der Waals surface area contributed by atoms with E-state index in [1.165, 1.54) is 0 Å². The first kappa shape index (κ1) is 12.0. The molecule has 0 spiro atoms. The minimum atomic E-state index is 0.488. The quantitative estimate of drug-likeness (QED) is 0.790. The second kappa shape index (κ2) is 4.89. The summed E-state index contributed by atoms with van der Waals surface area (Å²) in [5, 5.41) is 8.32. The van der Waals surface area contributed by atoms with E-state index < -0.39 is 0 Å². The maximum atomic E-state index is 6.10. The number of nitrogens with two attached hydrogens (primary N) is 1. The standard InChI is InChI=1S/C12H13ClN6/c13-9-3-1-4-10-11(9)16-12(14)19(10)7-2-6-18-8-5-15-17-18/h1,3-5,8H,2,6-7H2,(H2,14,16). The summed E-state index contributed by atoms with van der Waals surface area (Å²) >= 11 is 6.10. The Bertz CT molecular complexity index is 688. The molecule has 0 aliphatic heterocycles. The number of hydrogen-bond acceptors (Lipinski definition) is 4. The average Bonchev–Trinajstić information content (AvgIpc) is 3.00. The van der Waals surface area contributed by atoms with Gasteiger partial charge >= 0.3 is 0 Å². The maximum Gasteiger partial charge on any atom is 0.201 e. The number of anilines is 1. The second-order valence-electron chi connectivity index (χ2n) is 4.25. The van der Waals surface area contributed by atoms with E-state index in [1.807, 2.05) is 29.0 Å². The Kier molecular flexibility index (Phi) is 3.08. The zero-order valence-corrected chi connectivity index (χ0v) is 11.0. The van der Waals surface area contributed by atoms with Crippen LogP contribution in [0.15, 0.2) is 30.6 Å². The summed E-state index contributed by atoms with van der Waals surface area (Å²) in [5.74, 6) is 0.488. The first-order valence-electron chi connectivity index (χ1n) is 6.00. The lowest BCUT2D eigenvalue weighted by Gasteiger charge is -2.06. The van der Waals surface area contributed by atoms with Gasteiger partial charge in [0, 0.05) is 19.3 Å². The highest BCUT2D eigenvalue weighted by Gasteiger charge is 2.10. The van der Waals surface area contributed by atoms with Crippen LogP contribution >= 0.6 is 11.6 Å². The number of benzene rings is 1. The van der Waals surface area contributed by atoms with Crippen molar-refractivity contribution >= 4 is 28.6 Å². The molecule has 0 amide bonds. The Balaban J connectivity index is 1.81. The average molecular weight is 277 g/mol. The molecular weight excluding hydrogens is 264 g/mol. The van der Waals surface area contributed by atoms with Gasteiger partial charge in [-0.25, -0.2) is 4.98 Å². The van der Waals surface area contributed by atoms with Crippen molar-refractivity contribution in [3.63, 3.8) is 0 Å². The molecular formula is C12H13ClN6. The van der Waals surface area contributed by atoms with Crippen LogP contribution in [0.3, 0.4) is 0 Å². The van der Waals surface area contributed by atoms with E-state index >= 15 is 0 Å². The lowest BCUT2D eigenvalue weighted by Crippen LogP contribution is -2.07. The van der Waals surface area contributed by atoms with Gasteiger partial charge in [-0.1, -0.05) is 22.9 Å². The number of rotatable bonds is 4. The number of halogens is 1. The second-order valence-corrected chi connectivity index (χ2v) is 4.66. The van der Waals surface area contributed by atoms with Crippen molar-refractivity contribution in [2.75, 3.05) is 5.73 Å². The molecule has 7 heteroatoms. The minimum absolute atomic E-state index is 0.488. The molecule has 3 rings (SSSR count). The molecule has 2 heterocycles. The molecule has 3 aromatic rings. The lowest BCUT2D eigenvalue weighted by molar-refractivity contribution is 0.521. The fourth-order valence-electron chi connectivity index (χ4n) is 2.11. The first-order chi connectivity index (χ1) is 9.25. The number of nitrogen functional groups attached to an aromatic ring is 1. The molecule has 2 N–H and O–H groups in total. The van der Waals surface area contributed by atoms with Gasteiger partial charge in [0.15, 0.2) is 0 Å². The Morgan fingerprint density at radius 2 is 2.16 bits per heavy atom. The van der Waals surface area contributed by atoms with Crippen molar-refractivity contribution in [2.45, 2.75) is 19.5 Å². The summed E-state index contributed by atoms with van der Waals surface area (Å²) in [6.45, 7) is 1.56. The van der Waals surface area contributed by atoms with E-state index in [0.717, 1.165) is 30.5 Å². The SMILES string of the molecule is Nc1nc2c(Cl)cccc2n1CCCn1ccnn1. The monoisotopic (exact) mass is 276 g/mol. The third-order valence-electron chi connectivity index (χ3n) is 3.00. The fourth-order valence-corrected chi connectivity index (χ4v) is 2.32. The number of aromatic nitrogens is 5. The lowest BCUT2D eigenvalue weighted by atomic mass is 10.3. The summed E-state index contributed by atoms with van der Waals surface area (Å²) in [7, 11) is 0. The van der Waals surface area contributed by atoms with E-state index in [4.69, 9.17) is 17.3 Å². The topological polar surface area (TPSA) is 74.5 Å². The zero-order chi connectivity index (χ0) is 13.2. The highest BCUT2D eigenvalue weighted by Crippen LogP contribution is 2.25. The van der Waals surface area contributed by atoms with E-state index in [2.05, 4.69) is 15.3 Å². The molecule has 0 saturated carbocycles. The van der Waals surface area contributed by atoms with Crippen molar-refractivity contribution in [3.8, 4) is 0 Å². The predicted octanol–water partition coefficient (Wildman–Crippen LogP) is 1.95. The Morgan fingerprint density at radius 3 is 2.95 bits per heavy atom. The molecule has 0 bridgehead atoms. The van der Waals surface area contributed by atoms with Crippen molar-refractivity contribution in [3.05, 3.63) is 35.6 Å². The summed E-state index contributed by atoms with van der Waals surface area (Å²) in [5.41, 5.74) is 7.65. The molecule has 0 aliphatic carbocycles. The van der Waals surface area contributed by atoms with Crippen LogP contribution in [0, 0.1) is 0 Å². The minimum Gasteiger partial charge on any atom is -0.369 e. The van der Waals surface area contributed by atoms with Gasteiger partial charge in [0.25, 0.3) is 0 Å². The van der Waals surface area contributed by atoms with Gasteiger partial charge in [0.2, 0.25) is 5.95 Å². The number of hydrogen-bond donors (Lipinski definition) is 1. The van der Waals surface area contributed by atoms with E-state index in [9.17, 15) is 0 Å². The fraction of sp³-hybridized carbons (Fsp3) is 0.250. The summed E-state index contributed by atoms with van der Waals surface area (Å²) in [6, 6.07) is 5.69. The molecule has 1 aromatic carbocycles. The third kappa shape index (κ3) is 2.26. The van der Waals surface area contributed by atoms with Crippen molar-refractivity contribution in [1.82, 2.24) is 24.5 Å². The molecule has 0 atom stereocenters. The summed E-state index contributed by atoms with van der Waals surface area (Å²) in [6.07, 6.45) is 4.40. The van der Waals surface area contributed by atoms with Gasteiger partial charge in [-0.05, 0) is 18.6 Å².